The molecule has 42 heavy (non-hydrogen) atoms. The van der Waals surface area contributed by atoms with Crippen molar-refractivity contribution in [3.05, 3.63) is 140 Å². The van der Waals surface area contributed by atoms with Crippen molar-refractivity contribution < 1.29 is 0 Å². The zero-order valence-electron chi connectivity index (χ0n) is 24.7. The van der Waals surface area contributed by atoms with Crippen LogP contribution in [0.15, 0.2) is 94.2 Å². The number of aromatic nitrogens is 2. The number of aromatic amines is 2. The summed E-state index contributed by atoms with van der Waals surface area (Å²) in [5.74, 6) is 1.81. The zero-order chi connectivity index (χ0) is 29.1. The maximum absolute atomic E-state index is 5.13. The monoisotopic (exact) mass is 567 g/mol. The summed E-state index contributed by atoms with van der Waals surface area (Å²) in [6.45, 7) is 13.0. The Bertz CT molecular complexity index is 1800. The molecule has 3 aliphatic heterocycles. The Hall–Kier alpha value is -4.55. The number of H-pyrrole nitrogens is 2. The fourth-order valence-corrected chi connectivity index (χ4v) is 7.28. The Morgan fingerprint density at radius 2 is 0.929 bits per heavy atom. The molecule has 0 unspecified atom stereocenters. The van der Waals surface area contributed by atoms with E-state index in [1.807, 2.05) is 0 Å². The van der Waals surface area contributed by atoms with Gasteiger partial charge in [-0.25, -0.2) is 9.98 Å². The topological polar surface area (TPSA) is 68.3 Å². The molecule has 0 spiro atoms. The number of thioether (sulfide) groups is 1. The third-order valence-electron chi connectivity index (χ3n) is 7.98. The normalized spacial score (nSPS) is 15.9. The standard InChI is InChI=1S/C36H33N5S/c1-19-15-21(3)33(22(4)16-19)35-25-7-11-29(37-25)41-30-12-8-26(38-30)36(34-23(5)17-20(2)18-24(34)6)28-10-14-32(40-28)42-31-13-9-27(35)39-31/h7-18,37-38,41H,1-6H3. The maximum Gasteiger partial charge on any atom is 0.109 e. The number of fused-ring (bicyclic) bond motifs is 6. The number of hydrogen-bond acceptors (Lipinski definition) is 4. The molecule has 4 aromatic rings. The first kappa shape index (κ1) is 26.4. The molecule has 2 aromatic heterocycles. The molecule has 0 atom stereocenters. The Morgan fingerprint density at radius 3 is 1.33 bits per heavy atom. The van der Waals surface area contributed by atoms with E-state index < -0.39 is 0 Å². The summed E-state index contributed by atoms with van der Waals surface area (Å²) in [7, 11) is 0. The van der Waals surface area contributed by atoms with Crippen molar-refractivity contribution in [2.45, 2.75) is 41.5 Å². The SMILES string of the molecule is Cc1cc(C)c(C2=C3C=CC(=N3)SC3=NC(=C(c4c(C)cc(C)cc4C)c4ccc([nH]4)Nc4ccc2[nH]4)C=C3)c(C)c1. The van der Waals surface area contributed by atoms with Crippen molar-refractivity contribution in [3.63, 3.8) is 0 Å². The van der Waals surface area contributed by atoms with E-state index in [0.717, 1.165) is 55.7 Å². The molecule has 0 aliphatic carbocycles. The molecule has 0 saturated heterocycles. The lowest BCUT2D eigenvalue weighted by Crippen LogP contribution is -2.01. The van der Waals surface area contributed by atoms with Crippen LogP contribution in [0.1, 0.15) is 55.9 Å². The molecule has 0 radical (unpaired) electrons. The lowest BCUT2D eigenvalue weighted by atomic mass is 9.91. The maximum atomic E-state index is 5.13. The van der Waals surface area contributed by atoms with Crippen LogP contribution in [0.4, 0.5) is 11.6 Å². The van der Waals surface area contributed by atoms with Crippen molar-refractivity contribution in [3.8, 4) is 0 Å². The minimum Gasteiger partial charge on any atom is -0.341 e. The van der Waals surface area contributed by atoms with Crippen LogP contribution in [-0.2, 0) is 0 Å². The number of nitrogens with one attached hydrogen (secondary N) is 3. The Balaban J connectivity index is 1.43. The van der Waals surface area contributed by atoms with E-state index >= 15 is 0 Å². The van der Waals surface area contributed by atoms with Gasteiger partial charge in [-0.2, -0.15) is 0 Å². The quantitative estimate of drug-likeness (QED) is 0.226. The van der Waals surface area contributed by atoms with E-state index in [0.29, 0.717) is 0 Å². The van der Waals surface area contributed by atoms with E-state index in [1.165, 1.54) is 44.5 Å². The molecule has 6 heteroatoms. The molecule has 2 aromatic carbocycles. The molecule has 5 heterocycles. The highest BCUT2D eigenvalue weighted by Gasteiger charge is 2.23. The highest BCUT2D eigenvalue weighted by Crippen LogP contribution is 2.39. The van der Waals surface area contributed by atoms with E-state index in [-0.39, 0.29) is 0 Å². The first-order chi connectivity index (χ1) is 20.2. The molecular formula is C36H33N5S. The highest BCUT2D eigenvalue weighted by atomic mass is 32.2. The van der Waals surface area contributed by atoms with Gasteiger partial charge in [-0.05, 0) is 123 Å². The average molecular weight is 568 g/mol. The number of hydrogen-bond donors (Lipinski definition) is 3. The zero-order valence-corrected chi connectivity index (χ0v) is 25.5. The highest BCUT2D eigenvalue weighted by molar-refractivity contribution is 8.27. The van der Waals surface area contributed by atoms with Gasteiger partial charge in [0.15, 0.2) is 0 Å². The predicted octanol–water partition coefficient (Wildman–Crippen LogP) is 9.14. The number of rotatable bonds is 2. The summed E-state index contributed by atoms with van der Waals surface area (Å²) in [5, 5.41) is 5.42. The summed E-state index contributed by atoms with van der Waals surface area (Å²) in [5.41, 5.74) is 16.0. The fraction of sp³-hybridized carbons (Fsp3) is 0.167. The van der Waals surface area contributed by atoms with Gasteiger partial charge in [-0.15, -0.1) is 0 Å². The lowest BCUT2D eigenvalue weighted by Gasteiger charge is -2.16. The molecule has 3 aliphatic rings. The van der Waals surface area contributed by atoms with Crippen LogP contribution in [-0.4, -0.2) is 20.1 Å². The molecule has 5 nitrogen and oxygen atoms in total. The summed E-state index contributed by atoms with van der Waals surface area (Å²) < 4.78 is 0. The second-order valence-electron chi connectivity index (χ2n) is 11.4. The molecule has 7 rings (SSSR count). The lowest BCUT2D eigenvalue weighted by molar-refractivity contribution is 1.23. The van der Waals surface area contributed by atoms with Crippen molar-refractivity contribution in [1.29, 1.82) is 0 Å². The van der Waals surface area contributed by atoms with Gasteiger partial charge in [0.1, 0.15) is 21.7 Å². The summed E-state index contributed by atoms with van der Waals surface area (Å²) in [6, 6.07) is 17.5. The third-order valence-corrected chi connectivity index (χ3v) is 8.86. The van der Waals surface area contributed by atoms with Gasteiger partial charge >= 0.3 is 0 Å². The van der Waals surface area contributed by atoms with Crippen molar-refractivity contribution in [1.82, 2.24) is 9.97 Å². The van der Waals surface area contributed by atoms with Crippen molar-refractivity contribution in [2.24, 2.45) is 9.98 Å². The Labute approximate surface area is 251 Å². The van der Waals surface area contributed by atoms with Gasteiger partial charge in [-0.1, -0.05) is 47.2 Å². The molecule has 0 amide bonds. The number of nitrogens with zero attached hydrogens (tertiary/aromatic N) is 2. The van der Waals surface area contributed by atoms with Gasteiger partial charge in [0.2, 0.25) is 0 Å². The Morgan fingerprint density at radius 1 is 0.524 bits per heavy atom. The number of aryl methyl sites for hydroxylation is 6. The van der Waals surface area contributed by atoms with Gasteiger partial charge in [0, 0.05) is 22.5 Å². The first-order valence-corrected chi connectivity index (χ1v) is 15.1. The van der Waals surface area contributed by atoms with Gasteiger partial charge < -0.3 is 15.3 Å². The summed E-state index contributed by atoms with van der Waals surface area (Å²) in [4.78, 5) is 17.5. The number of anilines is 2. The smallest absolute Gasteiger partial charge is 0.109 e. The largest absolute Gasteiger partial charge is 0.341 e. The van der Waals surface area contributed by atoms with Crippen LogP contribution >= 0.6 is 11.8 Å². The van der Waals surface area contributed by atoms with Gasteiger partial charge in [0.25, 0.3) is 0 Å². The summed E-state index contributed by atoms with van der Waals surface area (Å²) in [6.07, 6.45) is 8.45. The van der Waals surface area contributed by atoms with Crippen LogP contribution < -0.4 is 5.32 Å². The second-order valence-corrected chi connectivity index (χ2v) is 12.5. The van der Waals surface area contributed by atoms with Crippen LogP contribution in [0, 0.1) is 41.5 Å². The molecule has 8 bridgehead atoms. The molecular weight excluding hydrogens is 534 g/mol. The van der Waals surface area contributed by atoms with Crippen LogP contribution in [0.5, 0.6) is 0 Å². The van der Waals surface area contributed by atoms with Crippen molar-refractivity contribution in [2.75, 3.05) is 5.32 Å². The number of benzene rings is 2. The van der Waals surface area contributed by atoms with Crippen LogP contribution in [0.2, 0.25) is 0 Å². The molecule has 3 N–H and O–H groups in total. The number of aliphatic imine (C=N–C) groups is 2. The van der Waals surface area contributed by atoms with Crippen LogP contribution in [0.25, 0.3) is 11.1 Å². The van der Waals surface area contributed by atoms with Crippen LogP contribution in [0.3, 0.4) is 0 Å². The summed E-state index contributed by atoms with van der Waals surface area (Å²) >= 11 is 1.60. The molecule has 208 valence electrons. The van der Waals surface area contributed by atoms with Crippen molar-refractivity contribution >= 4 is 44.6 Å². The minimum atomic E-state index is 0.907. The van der Waals surface area contributed by atoms with Gasteiger partial charge in [0.05, 0.1) is 11.4 Å². The average Bonchev–Trinajstić information content (AvgIpc) is 3.73. The second kappa shape index (κ2) is 10.1. The first-order valence-electron chi connectivity index (χ1n) is 14.3. The Kier molecular flexibility index (Phi) is 6.32. The van der Waals surface area contributed by atoms with E-state index in [4.69, 9.17) is 9.98 Å². The van der Waals surface area contributed by atoms with E-state index in [1.54, 1.807) is 11.8 Å². The van der Waals surface area contributed by atoms with E-state index in [2.05, 4.69) is 130 Å². The fourth-order valence-electron chi connectivity index (χ4n) is 6.51. The predicted molar refractivity (Wildman–Crippen MR) is 179 cm³/mol. The molecule has 0 saturated carbocycles. The third kappa shape index (κ3) is 4.62. The van der Waals surface area contributed by atoms with E-state index in [9.17, 15) is 0 Å². The minimum absolute atomic E-state index is 0.907. The molecule has 0 fully saturated rings. The number of allylic oxidation sites excluding steroid dienone is 2. The van der Waals surface area contributed by atoms with Gasteiger partial charge in [-0.3, -0.25) is 0 Å².